The molecule has 208 valence electrons. The first kappa shape index (κ1) is 22.2. The van der Waals surface area contributed by atoms with Crippen molar-refractivity contribution in [3.63, 3.8) is 0 Å². The van der Waals surface area contributed by atoms with Crippen molar-refractivity contribution in [2.75, 3.05) is 32.0 Å². The molecule has 11 heteroatoms. The molecule has 4 N–H and O–H groups in total. The zero-order chi connectivity index (χ0) is 31.8. The number of hydrogen-bond acceptors (Lipinski definition) is 8. The van der Waals surface area contributed by atoms with Gasteiger partial charge in [0.25, 0.3) is 0 Å². The monoisotopic (exact) mass is 552 g/mol. The van der Waals surface area contributed by atoms with Gasteiger partial charge in [0.15, 0.2) is 6.27 Å². The third-order valence-electron chi connectivity index (χ3n) is 6.05. The number of alkyl carbamates (subject to hydrolysis) is 1. The second-order valence-electron chi connectivity index (χ2n) is 9.54. The maximum atomic E-state index is 13.8. The number of benzene rings is 2. The third kappa shape index (κ3) is 7.03. The van der Waals surface area contributed by atoms with E-state index in [1.54, 1.807) is 44.2 Å². The molecule has 0 unspecified atom stereocenters. The Morgan fingerprint density at radius 1 is 1.26 bits per heavy atom. The number of sulfonamides is 1. The van der Waals surface area contributed by atoms with E-state index in [2.05, 4.69) is 5.32 Å². The average Bonchev–Trinajstić information content (AvgIpc) is 3.43. The molecule has 2 aromatic rings. The van der Waals surface area contributed by atoms with Crippen molar-refractivity contribution in [2.24, 2.45) is 11.8 Å². The largest absolute Gasteiger partial charge is 0.443 e. The van der Waals surface area contributed by atoms with E-state index in [0.29, 0.717) is 9.87 Å². The lowest BCUT2D eigenvalue weighted by Crippen LogP contribution is -2.51. The van der Waals surface area contributed by atoms with E-state index in [9.17, 15) is 18.3 Å². The number of fused-ring (bicyclic) bond motifs is 1. The zero-order valence-corrected chi connectivity index (χ0v) is 22.1. The number of nitrogens with two attached hydrogens (primary N) is 1. The first-order valence-corrected chi connectivity index (χ1v) is 13.8. The maximum Gasteiger partial charge on any atom is 0.407 e. The van der Waals surface area contributed by atoms with Gasteiger partial charge in [-0.25, -0.2) is 13.2 Å². The van der Waals surface area contributed by atoms with Crippen molar-refractivity contribution >= 4 is 21.8 Å². The van der Waals surface area contributed by atoms with Gasteiger partial charge in [0.2, 0.25) is 10.0 Å². The van der Waals surface area contributed by atoms with Gasteiger partial charge in [-0.15, -0.1) is 0 Å². The number of nitrogens with zero attached hydrogens (tertiary/aromatic N) is 1. The number of hydrogen-bond donors (Lipinski definition) is 3. The number of amides is 1. The molecular formula is C27H37N3O7S. The lowest BCUT2D eigenvalue weighted by atomic mass is 10.0. The van der Waals surface area contributed by atoms with Crippen molar-refractivity contribution in [3.8, 4) is 0 Å². The number of carbonyl (C=O) groups excluding carboxylic acids is 1. The fraction of sp³-hybridized carbons (Fsp3) is 0.519. The number of rotatable bonds is 11. The smallest absolute Gasteiger partial charge is 0.407 e. The quantitative estimate of drug-likeness (QED) is 0.361. The molecule has 0 aliphatic carbocycles. The number of anilines is 1. The van der Waals surface area contributed by atoms with Gasteiger partial charge in [-0.1, -0.05) is 44.2 Å². The number of aliphatic hydroxyl groups is 1. The van der Waals surface area contributed by atoms with Crippen LogP contribution >= 0.6 is 0 Å². The zero-order valence-electron chi connectivity index (χ0n) is 26.3. The van der Waals surface area contributed by atoms with Crippen LogP contribution in [0.4, 0.5) is 10.5 Å². The summed E-state index contributed by atoms with van der Waals surface area (Å²) in [6.07, 6.45) is -8.55. The summed E-state index contributed by atoms with van der Waals surface area (Å²) in [4.78, 5) is 12.9. The van der Waals surface area contributed by atoms with Crippen molar-refractivity contribution in [2.45, 2.75) is 56.1 Å². The number of ether oxygens (including phenoxy) is 3. The van der Waals surface area contributed by atoms with Crippen LogP contribution < -0.4 is 11.1 Å². The van der Waals surface area contributed by atoms with Crippen LogP contribution in [0.5, 0.6) is 0 Å². The molecule has 0 saturated carbocycles. The first-order valence-electron chi connectivity index (χ1n) is 14.8. The predicted molar refractivity (Wildman–Crippen MR) is 142 cm³/mol. The Kier molecular flexibility index (Phi) is 7.25. The lowest BCUT2D eigenvalue weighted by Gasteiger charge is -2.31. The molecule has 2 fully saturated rings. The maximum absolute atomic E-state index is 13.8. The highest BCUT2D eigenvalue weighted by molar-refractivity contribution is 7.89. The molecule has 1 amide bonds. The van der Waals surface area contributed by atoms with Crippen molar-refractivity contribution in [3.05, 3.63) is 60.2 Å². The van der Waals surface area contributed by atoms with Crippen molar-refractivity contribution in [1.29, 1.82) is 0 Å². The highest BCUT2D eigenvalue weighted by Gasteiger charge is 2.44. The van der Waals surface area contributed by atoms with Gasteiger partial charge < -0.3 is 30.4 Å². The van der Waals surface area contributed by atoms with E-state index in [0.717, 1.165) is 0 Å². The highest BCUT2D eigenvalue weighted by atomic mass is 32.2. The SMILES string of the molecule is [2H]C([2H])(N(CC(C)C)S(=O)(=O)c1ccc(N)cc1)[C@@]([2H])(O)[C@H](Cc1ccccc1)NC(=O)O[C@@]1([2H])CO[C@@]2([2H])OCC[C@H]21. The summed E-state index contributed by atoms with van der Waals surface area (Å²) in [5, 5.41) is 13.9. The molecule has 2 saturated heterocycles. The minimum atomic E-state index is -4.64. The van der Waals surface area contributed by atoms with Crippen molar-refractivity contribution < 1.29 is 39.4 Å². The number of nitrogen functional groups attached to an aromatic ring is 1. The van der Waals surface area contributed by atoms with Gasteiger partial charge >= 0.3 is 6.09 Å². The highest BCUT2D eigenvalue weighted by Crippen LogP contribution is 2.33. The Labute approximate surface area is 231 Å². The van der Waals surface area contributed by atoms with Crippen LogP contribution in [-0.4, -0.2) is 74.6 Å². The lowest BCUT2D eigenvalue weighted by molar-refractivity contribution is -0.0907. The summed E-state index contributed by atoms with van der Waals surface area (Å²) in [7, 11) is -4.64. The van der Waals surface area contributed by atoms with Crippen LogP contribution in [0, 0.1) is 11.8 Å². The Bertz CT molecular complexity index is 1400. The normalized spacial score (nSPS) is 29.8. The van der Waals surface area contributed by atoms with Gasteiger partial charge in [0.05, 0.1) is 40.3 Å². The molecule has 2 aromatic carbocycles. The van der Waals surface area contributed by atoms with Gasteiger partial charge in [-0.3, -0.25) is 0 Å². The molecule has 2 aliphatic rings. The summed E-state index contributed by atoms with van der Waals surface area (Å²) < 4.78 is 87.5. The van der Waals surface area contributed by atoms with Crippen LogP contribution in [0.3, 0.4) is 0 Å². The molecule has 0 bridgehead atoms. The molecule has 0 spiro atoms. The molecular weight excluding hydrogens is 510 g/mol. The molecule has 4 rings (SSSR count). The van der Waals surface area contributed by atoms with Crippen LogP contribution in [0.15, 0.2) is 59.5 Å². The average molecular weight is 553 g/mol. The fourth-order valence-corrected chi connectivity index (χ4v) is 5.58. The second-order valence-corrected chi connectivity index (χ2v) is 11.4. The minimum absolute atomic E-state index is 0.122. The van der Waals surface area contributed by atoms with Crippen LogP contribution in [0.2, 0.25) is 0 Å². The van der Waals surface area contributed by atoms with Gasteiger partial charge in [-0.05, 0) is 48.6 Å². The van der Waals surface area contributed by atoms with E-state index in [4.69, 9.17) is 26.8 Å². The molecule has 0 radical (unpaired) electrons. The Morgan fingerprint density at radius 3 is 2.66 bits per heavy atom. The summed E-state index contributed by atoms with van der Waals surface area (Å²) in [6, 6.07) is 11.6. The molecule has 2 aliphatic heterocycles. The van der Waals surface area contributed by atoms with Crippen LogP contribution in [0.1, 0.15) is 32.7 Å². The van der Waals surface area contributed by atoms with Crippen molar-refractivity contribution in [1.82, 2.24) is 9.62 Å². The van der Waals surface area contributed by atoms with E-state index >= 15 is 0 Å². The van der Waals surface area contributed by atoms with Gasteiger partial charge in [0.1, 0.15) is 6.08 Å². The molecule has 10 nitrogen and oxygen atoms in total. The standard InChI is InChI=1S/C27H37N3O7S/c1-18(2)15-30(38(33,34)21-10-8-20(28)9-11-21)16-24(31)23(14-19-6-4-3-5-7-19)29-27(32)37-25-17-36-26-22(25)12-13-35-26/h3-11,18,22-26,31H,12-17,28H2,1-2H3,(H,29,32)/t22-,23-,24+,25-,26+/m0/s1/i16D2,24D,25D,26D. The third-order valence-corrected chi connectivity index (χ3v) is 7.74. The Hall–Kier alpha value is -2.70. The second kappa shape index (κ2) is 12.4. The van der Waals surface area contributed by atoms with Gasteiger partial charge in [-0.2, -0.15) is 4.31 Å². The first-order chi connectivity index (χ1) is 19.9. The Balaban J connectivity index is 1.68. The Morgan fingerprint density at radius 2 is 1.97 bits per heavy atom. The number of carbonyl (C=O) groups is 1. The van der Waals surface area contributed by atoms with E-state index < -0.39 is 72.1 Å². The fourth-order valence-electron chi connectivity index (χ4n) is 4.14. The van der Waals surface area contributed by atoms with E-state index in [1.807, 2.05) is 0 Å². The predicted octanol–water partition coefficient (Wildman–Crippen LogP) is 2.38. The van der Waals surface area contributed by atoms with Crippen LogP contribution in [-0.2, 0) is 30.7 Å². The number of nitrogens with one attached hydrogen (secondary N) is 1. The van der Waals surface area contributed by atoms with Gasteiger partial charge in [0, 0.05) is 21.5 Å². The molecule has 2 heterocycles. The molecule has 0 aromatic heterocycles. The van der Waals surface area contributed by atoms with Crippen LogP contribution in [0.25, 0.3) is 0 Å². The topological polar surface area (TPSA) is 140 Å². The van der Waals surface area contributed by atoms with E-state index in [-0.39, 0.29) is 30.0 Å². The van der Waals surface area contributed by atoms with E-state index in [1.165, 1.54) is 24.3 Å². The molecule has 5 atom stereocenters. The summed E-state index contributed by atoms with van der Waals surface area (Å²) in [6.45, 7) is -0.766. The minimum Gasteiger partial charge on any atom is -0.443 e. The molecule has 38 heavy (non-hydrogen) atoms. The summed E-state index contributed by atoms with van der Waals surface area (Å²) >= 11 is 0. The summed E-state index contributed by atoms with van der Waals surface area (Å²) in [5.41, 5.74) is 6.48. The summed E-state index contributed by atoms with van der Waals surface area (Å²) in [5.74, 6) is -1.37.